The number of rotatable bonds is 13. The van der Waals surface area contributed by atoms with E-state index < -0.39 is 35.3 Å². The van der Waals surface area contributed by atoms with Crippen LogP contribution in [0.3, 0.4) is 0 Å². The number of aryl methyl sites for hydroxylation is 4. The highest BCUT2D eigenvalue weighted by Crippen LogP contribution is 2.46. The number of carboxylic acid groups (broad SMARTS) is 1. The zero-order valence-corrected chi connectivity index (χ0v) is 53.1. The van der Waals surface area contributed by atoms with Crippen molar-refractivity contribution in [3.63, 3.8) is 0 Å². The number of hydrogen-bond donors (Lipinski definition) is 1. The van der Waals surface area contributed by atoms with Gasteiger partial charge in [0.1, 0.15) is 11.4 Å². The highest BCUT2D eigenvalue weighted by atomic mass is 35.5. The zero-order valence-electron chi connectivity index (χ0n) is 49.9. The van der Waals surface area contributed by atoms with Crippen LogP contribution in [0.2, 0.25) is 10.0 Å². The van der Waals surface area contributed by atoms with Gasteiger partial charge in [-0.05, 0) is 145 Å². The van der Waals surface area contributed by atoms with Crippen molar-refractivity contribution in [2.24, 2.45) is 14.1 Å². The Morgan fingerprint density at radius 3 is 1.39 bits per heavy atom. The van der Waals surface area contributed by atoms with Gasteiger partial charge in [0.05, 0.1) is 61.7 Å². The molecule has 0 saturated carbocycles. The fraction of sp³-hybridized carbons (Fsp3) is 0.242. The predicted molar refractivity (Wildman–Crippen MR) is 347 cm³/mol. The maximum atomic E-state index is 13.9. The number of carbonyl (C=O) groups is 2. The molecular formula is C66H60Cl2N10O8S2. The first kappa shape index (κ1) is 60.9. The van der Waals surface area contributed by atoms with Crippen LogP contribution in [0.1, 0.15) is 82.9 Å². The highest BCUT2D eigenvalue weighted by Gasteiger charge is 2.35. The van der Waals surface area contributed by atoms with Gasteiger partial charge in [0, 0.05) is 93.1 Å². The first-order chi connectivity index (χ1) is 41.9. The van der Waals surface area contributed by atoms with E-state index in [9.17, 15) is 24.3 Å². The molecule has 6 aromatic heterocycles. The van der Waals surface area contributed by atoms with Crippen LogP contribution in [0.15, 0.2) is 144 Å². The summed E-state index contributed by atoms with van der Waals surface area (Å²) in [5.41, 5.74) is 8.94. The van der Waals surface area contributed by atoms with Crippen LogP contribution in [0.5, 0.6) is 0 Å². The Balaban J connectivity index is 0.000000182. The summed E-state index contributed by atoms with van der Waals surface area (Å²) in [6, 6.07) is 29.8. The van der Waals surface area contributed by atoms with Gasteiger partial charge in [0.25, 0.3) is 11.1 Å². The smallest absolute Gasteiger partial charge is 0.339 e. The molecule has 12 aromatic rings. The lowest BCUT2D eigenvalue weighted by Gasteiger charge is -2.29. The molecule has 0 aliphatic heterocycles. The fourth-order valence-electron chi connectivity index (χ4n) is 10.6. The molecular weight excluding hydrogens is 1200 g/mol. The second kappa shape index (κ2) is 24.1. The fourth-order valence-corrected chi connectivity index (χ4v) is 13.1. The van der Waals surface area contributed by atoms with Crippen molar-refractivity contribution in [2.45, 2.75) is 85.7 Å². The normalized spacial score (nSPS) is 12.6. The summed E-state index contributed by atoms with van der Waals surface area (Å²) in [7, 11) is 3.74. The Morgan fingerprint density at radius 1 is 0.591 bits per heavy atom. The summed E-state index contributed by atoms with van der Waals surface area (Å²) in [6.07, 6.45) is 7.66. The lowest BCUT2D eigenvalue weighted by molar-refractivity contribution is -0.166. The van der Waals surface area contributed by atoms with Crippen LogP contribution in [0.25, 0.3) is 97.3 Å². The molecule has 0 fully saturated rings. The number of hydrogen-bond acceptors (Lipinski definition) is 15. The van der Waals surface area contributed by atoms with Crippen molar-refractivity contribution in [3.8, 4) is 55.0 Å². The van der Waals surface area contributed by atoms with Gasteiger partial charge in [-0.25, -0.2) is 29.5 Å². The van der Waals surface area contributed by atoms with Crippen LogP contribution in [-0.2, 0) is 37.9 Å². The van der Waals surface area contributed by atoms with Crippen molar-refractivity contribution in [3.05, 3.63) is 187 Å². The highest BCUT2D eigenvalue weighted by molar-refractivity contribution is 7.21. The van der Waals surface area contributed by atoms with Crippen LogP contribution in [0, 0.1) is 13.8 Å². The standard InChI is InChI=1S/C34H32ClN5O4S.C32H28ClN5O4S/c1-7-43-32(42)29(44-34(3,4)5)26-19(2)16-24-30(27(26)20-8-11-23(35)12-9-20)45-33(38-24)40-15-14-36-28(31(40)41)21-10-13-25-22(17-21)18-37-39(25)6;1-17-14-22-28(25(18-6-9-21(33)10-7-18)24(17)27(30(40)41)42-32(2,3)4)43-31(36-22)38-13-12-34-26(29(38)39)19-8-11-23-20(15-19)16-35-37(23)5/h8-18,29H,7H2,1-6H3;6-16,27H,1-5H3,(H,40,41)/t29-;27-/m00/s1. The number of aromatic nitrogens is 10. The number of ether oxygens (including phenoxy) is 3. The van der Waals surface area contributed by atoms with Crippen molar-refractivity contribution in [2.75, 3.05) is 6.61 Å². The third-order valence-electron chi connectivity index (χ3n) is 14.4. The number of thiazole rings is 2. The molecule has 0 spiro atoms. The average molecular weight is 1260 g/mol. The van der Waals surface area contributed by atoms with E-state index in [4.69, 9.17) is 47.4 Å². The summed E-state index contributed by atoms with van der Waals surface area (Å²) in [4.78, 5) is 72.3. The molecule has 0 aliphatic rings. The monoisotopic (exact) mass is 1250 g/mol. The molecule has 22 heteroatoms. The first-order valence-electron chi connectivity index (χ1n) is 28.0. The summed E-state index contributed by atoms with van der Waals surface area (Å²) in [5, 5.41) is 22.8. The molecule has 0 unspecified atom stereocenters. The molecule has 0 amide bonds. The third kappa shape index (κ3) is 12.1. The minimum atomic E-state index is -1.24. The molecule has 0 saturated heterocycles. The molecule has 448 valence electrons. The quantitative estimate of drug-likeness (QED) is 0.106. The summed E-state index contributed by atoms with van der Waals surface area (Å²) < 4.78 is 26.0. The Kier molecular flexibility index (Phi) is 16.7. The van der Waals surface area contributed by atoms with Gasteiger partial charge < -0.3 is 19.3 Å². The Morgan fingerprint density at radius 2 is 0.989 bits per heavy atom. The zero-order chi connectivity index (χ0) is 62.7. The van der Waals surface area contributed by atoms with E-state index in [2.05, 4.69) is 20.2 Å². The number of carbonyl (C=O) groups excluding carboxylic acids is 1. The molecule has 88 heavy (non-hydrogen) atoms. The van der Waals surface area contributed by atoms with Crippen LogP contribution < -0.4 is 11.1 Å². The van der Waals surface area contributed by atoms with Gasteiger partial charge in [-0.3, -0.25) is 28.1 Å². The summed E-state index contributed by atoms with van der Waals surface area (Å²) in [6.45, 7) is 16.9. The number of fused-ring (bicyclic) bond motifs is 4. The SMILES string of the molecule is CCOC(=O)[C@@H](OC(C)(C)C)c1c(C)cc2nc(-n3ccnc(-c4ccc5c(cnn5C)c4)c3=O)sc2c1-c1ccc(Cl)cc1.Cc1cc2nc(-n3ccnc(-c4ccc5c(cnn5C)c4)c3=O)sc2c(-c2ccc(Cl)cc2)c1[C@H](OC(C)(C)C)C(=O)O. The van der Waals surface area contributed by atoms with Gasteiger partial charge in [-0.15, -0.1) is 0 Å². The molecule has 1 N–H and O–H groups in total. The maximum absolute atomic E-state index is 13.9. The third-order valence-corrected chi connectivity index (χ3v) is 17.1. The van der Waals surface area contributed by atoms with E-state index in [0.29, 0.717) is 70.4 Å². The molecule has 0 radical (unpaired) electrons. The molecule has 0 aliphatic carbocycles. The van der Waals surface area contributed by atoms with Gasteiger partial charge in [-0.1, -0.05) is 82.3 Å². The van der Waals surface area contributed by atoms with Crippen LogP contribution in [0.4, 0.5) is 0 Å². The van der Waals surface area contributed by atoms with Crippen molar-refractivity contribution in [1.29, 1.82) is 0 Å². The van der Waals surface area contributed by atoms with Gasteiger partial charge >= 0.3 is 11.9 Å². The lowest BCUT2D eigenvalue weighted by atomic mass is 9.91. The first-order valence-corrected chi connectivity index (χ1v) is 30.4. The van der Waals surface area contributed by atoms with Crippen LogP contribution >= 0.6 is 45.9 Å². The largest absolute Gasteiger partial charge is 0.479 e. The van der Waals surface area contributed by atoms with Crippen molar-refractivity contribution >= 4 is 100 Å². The Bertz CT molecular complexity index is 4820. The van der Waals surface area contributed by atoms with Crippen molar-refractivity contribution in [1.82, 2.24) is 48.6 Å². The number of aliphatic carboxylic acids is 1. The number of benzene rings is 6. The van der Waals surface area contributed by atoms with Gasteiger partial charge in [0.2, 0.25) is 0 Å². The number of esters is 1. The average Bonchev–Trinajstić information content (AvgIpc) is 1.58. The topological polar surface area (TPSA) is 213 Å². The second-order valence-electron chi connectivity index (χ2n) is 23.0. The lowest BCUT2D eigenvalue weighted by Crippen LogP contribution is -2.29. The van der Waals surface area contributed by atoms with Gasteiger partial charge in [0.15, 0.2) is 22.5 Å². The Labute approximate surface area is 523 Å². The van der Waals surface area contributed by atoms with E-state index in [1.807, 2.05) is 142 Å². The molecule has 18 nitrogen and oxygen atoms in total. The molecule has 12 rings (SSSR count). The van der Waals surface area contributed by atoms with Crippen molar-refractivity contribution < 1.29 is 28.9 Å². The molecule has 2 atom stereocenters. The number of halogens is 2. The number of carboxylic acids is 1. The number of nitrogens with zero attached hydrogens (tertiary/aromatic N) is 10. The van der Waals surface area contributed by atoms with E-state index in [-0.39, 0.29) is 23.4 Å². The Hall–Kier alpha value is -8.76. The van der Waals surface area contributed by atoms with Crippen LogP contribution in [-0.4, -0.2) is 83.5 Å². The minimum absolute atomic E-state index is 0.214. The molecule has 6 heterocycles. The summed E-state index contributed by atoms with van der Waals surface area (Å²) >= 11 is 15.1. The minimum Gasteiger partial charge on any atom is -0.479 e. The second-order valence-corrected chi connectivity index (χ2v) is 25.8. The maximum Gasteiger partial charge on any atom is 0.339 e. The van der Waals surface area contributed by atoms with E-state index >= 15 is 0 Å². The van der Waals surface area contributed by atoms with E-state index in [1.54, 1.807) is 77.7 Å². The summed E-state index contributed by atoms with van der Waals surface area (Å²) in [5.74, 6) is -1.58. The predicted octanol–water partition coefficient (Wildman–Crippen LogP) is 14.4. The van der Waals surface area contributed by atoms with E-state index in [0.717, 1.165) is 53.5 Å². The van der Waals surface area contributed by atoms with E-state index in [1.165, 1.54) is 31.8 Å². The van der Waals surface area contributed by atoms with Gasteiger partial charge in [-0.2, -0.15) is 10.2 Å². The molecule has 6 aromatic carbocycles. The molecule has 0 bridgehead atoms.